The predicted octanol–water partition coefficient (Wildman–Crippen LogP) is 4.06. The molecule has 2 aromatic carbocycles. The summed E-state index contributed by atoms with van der Waals surface area (Å²) in [4.78, 5) is 40.8. The minimum Gasteiger partial charge on any atom is -0.507 e. The summed E-state index contributed by atoms with van der Waals surface area (Å²) in [6, 6.07) is 13.6. The molecular weight excluding hydrogens is 437 g/mol. The third-order valence-electron chi connectivity index (χ3n) is 4.87. The van der Waals surface area contributed by atoms with Crippen molar-refractivity contribution in [2.75, 3.05) is 26.7 Å². The third-order valence-corrected chi connectivity index (χ3v) is 6.29. The van der Waals surface area contributed by atoms with Gasteiger partial charge in [0.15, 0.2) is 0 Å². The van der Waals surface area contributed by atoms with Gasteiger partial charge in [-0.25, -0.2) is 14.5 Å². The van der Waals surface area contributed by atoms with E-state index in [1.54, 1.807) is 25.3 Å². The van der Waals surface area contributed by atoms with Crippen LogP contribution in [0.1, 0.15) is 6.92 Å². The van der Waals surface area contributed by atoms with Crippen molar-refractivity contribution in [2.45, 2.75) is 12.6 Å². The number of carbonyl (C=O) groups excluding carboxylic acids is 3. The van der Waals surface area contributed by atoms with Crippen LogP contribution in [0.2, 0.25) is 0 Å². The van der Waals surface area contributed by atoms with E-state index < -0.39 is 12.1 Å². The normalized spacial score (nSPS) is 11.6. The molecule has 33 heavy (non-hydrogen) atoms. The molecule has 7 nitrogen and oxygen atoms in total. The second kappa shape index (κ2) is 12.6. The molecule has 0 saturated heterocycles. The third kappa shape index (κ3) is 6.77. The fraction of sp³-hybridized carbons (Fsp3) is 0.240. The van der Waals surface area contributed by atoms with Crippen molar-refractivity contribution in [2.24, 2.45) is 0 Å². The summed E-state index contributed by atoms with van der Waals surface area (Å²) in [6.45, 7) is 9.53. The van der Waals surface area contributed by atoms with Gasteiger partial charge >= 0.3 is 12.1 Å². The van der Waals surface area contributed by atoms with Gasteiger partial charge < -0.3 is 10.0 Å². The summed E-state index contributed by atoms with van der Waals surface area (Å²) in [5.74, 6) is 0.189. The van der Waals surface area contributed by atoms with Crippen LogP contribution in [-0.2, 0) is 4.79 Å². The lowest BCUT2D eigenvalue weighted by atomic mass is 10.0. The lowest BCUT2D eigenvalue weighted by Gasteiger charge is -2.29. The molecule has 0 fully saturated rings. The number of para-hydroxylation sites is 1. The number of benzene rings is 2. The Morgan fingerprint density at radius 2 is 1.61 bits per heavy atom. The van der Waals surface area contributed by atoms with Gasteiger partial charge in [0.25, 0.3) is 0 Å². The standard InChI is InChI=1S/C25H30N3O4P/c1-5-15-26(4)24(31)28(16-6-2)25(32)27(18-29)17-19(3)33-23-14-10-8-12-21(23)20-11-7-9-13-22(20)30/h5-14,18-19,30,33H,1-2,15-17H2,3-4H3. The molecule has 2 atom stereocenters. The van der Waals surface area contributed by atoms with Crippen molar-refractivity contribution in [3.05, 3.63) is 73.8 Å². The van der Waals surface area contributed by atoms with Gasteiger partial charge in [-0.2, -0.15) is 0 Å². The smallest absolute Gasteiger partial charge is 0.334 e. The Labute approximate surface area is 196 Å². The predicted molar refractivity (Wildman–Crippen MR) is 134 cm³/mol. The van der Waals surface area contributed by atoms with Crippen LogP contribution in [0.4, 0.5) is 9.59 Å². The van der Waals surface area contributed by atoms with E-state index in [4.69, 9.17) is 0 Å². The van der Waals surface area contributed by atoms with E-state index in [2.05, 4.69) is 13.2 Å². The van der Waals surface area contributed by atoms with E-state index in [-0.39, 0.29) is 39.6 Å². The first kappa shape index (κ1) is 25.8. The maximum Gasteiger partial charge on any atom is 0.334 e. The molecule has 0 spiro atoms. The minimum absolute atomic E-state index is 0.0176. The summed E-state index contributed by atoms with van der Waals surface area (Å²) in [5, 5.41) is 11.3. The van der Waals surface area contributed by atoms with Crippen LogP contribution in [0, 0.1) is 0 Å². The van der Waals surface area contributed by atoms with Crippen LogP contribution in [-0.4, -0.2) is 70.6 Å². The molecule has 1 N–H and O–H groups in total. The van der Waals surface area contributed by atoms with Gasteiger partial charge in [0.05, 0.1) is 6.54 Å². The van der Waals surface area contributed by atoms with Gasteiger partial charge in [-0.1, -0.05) is 70.1 Å². The number of likely N-dealkylation sites (N-methyl/N-ethyl adjacent to an activating group) is 1. The summed E-state index contributed by atoms with van der Waals surface area (Å²) in [6.07, 6.45) is 3.44. The maximum absolute atomic E-state index is 13.0. The minimum atomic E-state index is -0.698. The van der Waals surface area contributed by atoms with E-state index in [9.17, 15) is 19.5 Å². The molecule has 0 heterocycles. The highest BCUT2D eigenvalue weighted by molar-refractivity contribution is 7.48. The van der Waals surface area contributed by atoms with Gasteiger partial charge in [-0.3, -0.25) is 9.69 Å². The van der Waals surface area contributed by atoms with Crippen molar-refractivity contribution in [1.29, 1.82) is 0 Å². The van der Waals surface area contributed by atoms with E-state index >= 15 is 0 Å². The Kier molecular flexibility index (Phi) is 9.83. The number of phenols is 1. The van der Waals surface area contributed by atoms with Gasteiger partial charge in [0, 0.05) is 25.7 Å². The number of nitrogens with zero attached hydrogens (tertiary/aromatic N) is 3. The molecule has 174 valence electrons. The number of hydrogen-bond donors (Lipinski definition) is 1. The first-order valence-corrected chi connectivity index (χ1v) is 11.6. The monoisotopic (exact) mass is 467 g/mol. The topological polar surface area (TPSA) is 81.2 Å². The fourth-order valence-electron chi connectivity index (χ4n) is 3.32. The molecule has 0 aromatic heterocycles. The van der Waals surface area contributed by atoms with Crippen LogP contribution in [0.5, 0.6) is 5.75 Å². The fourth-order valence-corrected chi connectivity index (χ4v) is 4.70. The Morgan fingerprint density at radius 1 is 1.00 bits per heavy atom. The molecule has 0 radical (unpaired) electrons. The van der Waals surface area contributed by atoms with Crippen molar-refractivity contribution in [3.63, 3.8) is 0 Å². The molecule has 0 aliphatic heterocycles. The first-order valence-electron chi connectivity index (χ1n) is 10.5. The number of phenolic OH excluding ortho intramolecular Hbond substituents is 1. The number of amides is 5. The summed E-state index contributed by atoms with van der Waals surface area (Å²) in [5.41, 5.74) is 1.56. The van der Waals surface area contributed by atoms with E-state index in [1.165, 1.54) is 11.0 Å². The Hall–Kier alpha value is -3.44. The van der Waals surface area contributed by atoms with Crippen LogP contribution in [0.3, 0.4) is 0 Å². The van der Waals surface area contributed by atoms with E-state index in [0.717, 1.165) is 26.2 Å². The Balaban J connectivity index is 2.19. The number of rotatable bonds is 10. The highest BCUT2D eigenvalue weighted by Crippen LogP contribution is 2.32. The lowest BCUT2D eigenvalue weighted by molar-refractivity contribution is -0.115. The van der Waals surface area contributed by atoms with Crippen molar-refractivity contribution in [3.8, 4) is 16.9 Å². The summed E-state index contributed by atoms with van der Waals surface area (Å²) >= 11 is 0. The molecule has 2 aromatic rings. The first-order chi connectivity index (χ1) is 15.8. The summed E-state index contributed by atoms with van der Waals surface area (Å²) < 4.78 is 0. The van der Waals surface area contributed by atoms with Crippen LogP contribution in [0.15, 0.2) is 73.8 Å². The zero-order chi connectivity index (χ0) is 24.4. The zero-order valence-corrected chi connectivity index (χ0v) is 20.0. The largest absolute Gasteiger partial charge is 0.507 e. The van der Waals surface area contributed by atoms with Crippen molar-refractivity contribution >= 4 is 32.4 Å². The lowest BCUT2D eigenvalue weighted by Crippen LogP contribution is -2.51. The zero-order valence-electron chi connectivity index (χ0n) is 19.0. The Morgan fingerprint density at radius 3 is 2.21 bits per heavy atom. The molecule has 2 rings (SSSR count). The Bertz CT molecular complexity index is 1010. The van der Waals surface area contributed by atoms with Crippen molar-refractivity contribution in [1.82, 2.24) is 14.7 Å². The second-order valence-corrected chi connectivity index (χ2v) is 9.31. The molecule has 8 heteroatoms. The maximum atomic E-state index is 13.0. The average molecular weight is 468 g/mol. The molecule has 2 unspecified atom stereocenters. The van der Waals surface area contributed by atoms with Crippen LogP contribution in [0.25, 0.3) is 11.1 Å². The van der Waals surface area contributed by atoms with Crippen LogP contribution >= 0.6 is 8.58 Å². The second-order valence-electron chi connectivity index (χ2n) is 7.50. The van der Waals surface area contributed by atoms with E-state index in [1.807, 2.05) is 43.3 Å². The van der Waals surface area contributed by atoms with Gasteiger partial charge in [0.1, 0.15) is 5.75 Å². The van der Waals surface area contributed by atoms with Gasteiger partial charge in [0.2, 0.25) is 6.41 Å². The van der Waals surface area contributed by atoms with E-state index in [0.29, 0.717) is 6.41 Å². The highest BCUT2D eigenvalue weighted by atomic mass is 31.1. The number of urea groups is 2. The average Bonchev–Trinajstić information content (AvgIpc) is 2.81. The molecule has 5 amide bonds. The van der Waals surface area contributed by atoms with Crippen LogP contribution < -0.4 is 5.30 Å². The molecule has 0 aliphatic carbocycles. The SMILES string of the molecule is C=CCN(C)C(=O)N(CC=C)C(=O)N(C=O)CC(C)Pc1ccccc1-c1ccccc1O. The summed E-state index contributed by atoms with van der Waals surface area (Å²) in [7, 11) is 1.81. The highest BCUT2D eigenvalue weighted by Gasteiger charge is 2.28. The number of hydrogen-bond acceptors (Lipinski definition) is 4. The molecular formula is C25H30N3O4P. The van der Waals surface area contributed by atoms with Gasteiger partial charge in [-0.15, -0.1) is 13.2 Å². The quantitative estimate of drug-likeness (QED) is 0.325. The molecule has 0 saturated carbocycles. The van der Waals surface area contributed by atoms with Gasteiger partial charge in [-0.05, 0) is 22.6 Å². The van der Waals surface area contributed by atoms with Crippen molar-refractivity contribution < 1.29 is 19.5 Å². The molecule has 0 aliphatic rings. The molecule has 0 bridgehead atoms. The number of carbonyl (C=O) groups is 3. The number of imide groups is 2. The number of aromatic hydroxyl groups is 1.